The Kier molecular flexibility index (Phi) is 7.41. The van der Waals surface area contributed by atoms with Crippen LogP contribution in [0.2, 0.25) is 0 Å². The van der Waals surface area contributed by atoms with Crippen LogP contribution in [-0.2, 0) is 4.79 Å². The summed E-state index contributed by atoms with van der Waals surface area (Å²) in [5.41, 5.74) is 8.19. The third-order valence-electron chi connectivity index (χ3n) is 4.40. The predicted molar refractivity (Wildman–Crippen MR) is 115 cm³/mol. The van der Waals surface area contributed by atoms with Gasteiger partial charge in [0, 0.05) is 18.0 Å². The third kappa shape index (κ3) is 5.08. The van der Waals surface area contributed by atoms with Crippen LogP contribution in [0.15, 0.2) is 84.5 Å². The van der Waals surface area contributed by atoms with Gasteiger partial charge in [0.1, 0.15) is 11.6 Å². The SMILES string of the molecule is C=C/C(F)=C(C)\C(=C/N)C(=O)Nc1ccc(/C(=C\C)c2ccc(C(=O)O)cc2)cn1. The lowest BCUT2D eigenvalue weighted by atomic mass is 9.98. The van der Waals surface area contributed by atoms with Crippen molar-refractivity contribution in [3.8, 4) is 0 Å². The van der Waals surface area contributed by atoms with Gasteiger partial charge in [-0.25, -0.2) is 14.2 Å². The van der Waals surface area contributed by atoms with Crippen molar-refractivity contribution in [2.24, 2.45) is 5.73 Å². The van der Waals surface area contributed by atoms with Crippen LogP contribution < -0.4 is 11.1 Å². The Morgan fingerprint density at radius 1 is 1.13 bits per heavy atom. The Hall–Kier alpha value is -4.00. The highest BCUT2D eigenvalue weighted by molar-refractivity contribution is 6.06. The third-order valence-corrected chi connectivity index (χ3v) is 4.40. The van der Waals surface area contributed by atoms with Crippen molar-refractivity contribution in [1.29, 1.82) is 0 Å². The summed E-state index contributed by atoms with van der Waals surface area (Å²) in [6.45, 7) is 6.62. The van der Waals surface area contributed by atoms with E-state index < -0.39 is 17.7 Å². The maximum atomic E-state index is 13.7. The van der Waals surface area contributed by atoms with Crippen molar-refractivity contribution in [3.05, 3.63) is 101 Å². The Bertz CT molecular complexity index is 1050. The summed E-state index contributed by atoms with van der Waals surface area (Å²) in [6.07, 6.45) is 5.49. The zero-order valence-corrected chi connectivity index (χ0v) is 16.6. The quantitative estimate of drug-likeness (QED) is 0.465. The van der Waals surface area contributed by atoms with E-state index in [1.807, 2.05) is 13.0 Å². The average Bonchev–Trinajstić information content (AvgIpc) is 2.75. The largest absolute Gasteiger partial charge is 0.478 e. The first-order valence-electron chi connectivity index (χ1n) is 9.01. The molecule has 1 aromatic heterocycles. The number of nitrogens with two attached hydrogens (primary N) is 1. The van der Waals surface area contributed by atoms with Crippen molar-refractivity contribution in [3.63, 3.8) is 0 Å². The molecule has 1 amide bonds. The topological polar surface area (TPSA) is 105 Å². The number of allylic oxidation sites excluding steroid dienone is 3. The van der Waals surface area contributed by atoms with Crippen LogP contribution >= 0.6 is 0 Å². The molecule has 0 radical (unpaired) electrons. The van der Waals surface area contributed by atoms with Crippen LogP contribution in [0.3, 0.4) is 0 Å². The molecule has 0 bridgehead atoms. The second kappa shape index (κ2) is 9.97. The molecule has 4 N–H and O–H groups in total. The van der Waals surface area contributed by atoms with Crippen LogP contribution in [0.1, 0.15) is 35.3 Å². The molecule has 0 spiro atoms. The molecule has 0 saturated carbocycles. The Morgan fingerprint density at radius 3 is 2.20 bits per heavy atom. The highest BCUT2D eigenvalue weighted by atomic mass is 19.1. The molecule has 0 aliphatic rings. The summed E-state index contributed by atoms with van der Waals surface area (Å²) in [4.78, 5) is 27.6. The van der Waals surface area contributed by atoms with E-state index in [4.69, 9.17) is 10.8 Å². The van der Waals surface area contributed by atoms with Crippen molar-refractivity contribution in [2.45, 2.75) is 13.8 Å². The van der Waals surface area contributed by atoms with Crippen molar-refractivity contribution < 1.29 is 19.1 Å². The highest BCUT2D eigenvalue weighted by Gasteiger charge is 2.15. The summed E-state index contributed by atoms with van der Waals surface area (Å²) in [7, 11) is 0. The van der Waals surface area contributed by atoms with Crippen LogP contribution in [-0.4, -0.2) is 22.0 Å². The van der Waals surface area contributed by atoms with Gasteiger partial charge in [-0.1, -0.05) is 24.8 Å². The Labute approximate surface area is 174 Å². The smallest absolute Gasteiger partial charge is 0.335 e. The van der Waals surface area contributed by atoms with Crippen LogP contribution in [0.4, 0.5) is 10.2 Å². The van der Waals surface area contributed by atoms with Gasteiger partial charge in [0.25, 0.3) is 5.91 Å². The van der Waals surface area contributed by atoms with Gasteiger partial charge in [-0.05, 0) is 60.9 Å². The number of aromatic carboxylic acids is 1. The Balaban J connectivity index is 2.22. The van der Waals surface area contributed by atoms with Gasteiger partial charge in [0.2, 0.25) is 0 Å². The number of halogens is 1. The van der Waals surface area contributed by atoms with Gasteiger partial charge >= 0.3 is 5.97 Å². The van der Waals surface area contributed by atoms with Crippen molar-refractivity contribution in [1.82, 2.24) is 4.98 Å². The van der Waals surface area contributed by atoms with Crippen LogP contribution in [0.5, 0.6) is 0 Å². The summed E-state index contributed by atoms with van der Waals surface area (Å²) in [5, 5.41) is 11.6. The maximum absolute atomic E-state index is 13.7. The number of hydrogen-bond donors (Lipinski definition) is 3. The molecule has 0 unspecified atom stereocenters. The fourth-order valence-electron chi connectivity index (χ4n) is 2.76. The fraction of sp³-hybridized carbons (Fsp3) is 0.0870. The van der Waals surface area contributed by atoms with E-state index in [-0.39, 0.29) is 22.5 Å². The monoisotopic (exact) mass is 407 g/mol. The summed E-state index contributed by atoms with van der Waals surface area (Å²) in [6, 6.07) is 9.87. The molecule has 154 valence electrons. The number of hydrogen-bond acceptors (Lipinski definition) is 4. The molecule has 30 heavy (non-hydrogen) atoms. The van der Waals surface area contributed by atoms with E-state index in [1.54, 1.807) is 30.5 Å². The van der Waals surface area contributed by atoms with E-state index in [0.717, 1.165) is 29.0 Å². The van der Waals surface area contributed by atoms with Crippen molar-refractivity contribution >= 4 is 23.3 Å². The van der Waals surface area contributed by atoms with Gasteiger partial charge < -0.3 is 16.2 Å². The first kappa shape index (κ1) is 22.3. The van der Waals surface area contributed by atoms with Gasteiger partial charge in [-0.2, -0.15) is 0 Å². The molecule has 6 nitrogen and oxygen atoms in total. The second-order valence-corrected chi connectivity index (χ2v) is 6.23. The number of carbonyl (C=O) groups is 2. The number of carbonyl (C=O) groups excluding carboxylic acids is 1. The number of anilines is 1. The molecule has 1 heterocycles. The number of pyridine rings is 1. The standard InChI is InChI=1S/C23H22FN3O3/c1-4-18(15-6-8-16(9-7-15)23(29)30)17-10-11-21(26-13-17)27-22(28)19(12-25)14(3)20(24)5-2/h4-13H,2,25H2,1,3H3,(H,29,30)(H,26,27,28)/b18-4-,19-12+,20-14+. The Morgan fingerprint density at radius 2 is 1.73 bits per heavy atom. The van der Waals surface area contributed by atoms with E-state index >= 15 is 0 Å². The summed E-state index contributed by atoms with van der Waals surface area (Å²) < 4.78 is 13.7. The average molecular weight is 407 g/mol. The van der Waals surface area contributed by atoms with E-state index in [0.29, 0.717) is 0 Å². The number of nitrogens with zero attached hydrogens (tertiary/aromatic N) is 1. The minimum absolute atomic E-state index is 0.0223. The van der Waals surface area contributed by atoms with Gasteiger partial charge in [0.15, 0.2) is 0 Å². The number of amides is 1. The lowest BCUT2D eigenvalue weighted by Crippen LogP contribution is -2.17. The second-order valence-electron chi connectivity index (χ2n) is 6.23. The molecule has 1 aromatic carbocycles. The number of nitrogens with one attached hydrogen (secondary N) is 1. The molecule has 0 aliphatic heterocycles. The molecule has 0 atom stereocenters. The first-order valence-corrected chi connectivity index (χ1v) is 9.01. The molecule has 0 saturated heterocycles. The number of carboxylic acids is 1. The molecule has 0 fully saturated rings. The highest BCUT2D eigenvalue weighted by Crippen LogP contribution is 2.24. The molecular weight excluding hydrogens is 385 g/mol. The molecule has 7 heteroatoms. The van der Waals surface area contributed by atoms with Crippen LogP contribution in [0.25, 0.3) is 5.57 Å². The maximum Gasteiger partial charge on any atom is 0.335 e. The van der Waals surface area contributed by atoms with Gasteiger partial charge in [0.05, 0.1) is 11.1 Å². The summed E-state index contributed by atoms with van der Waals surface area (Å²) >= 11 is 0. The molecule has 2 rings (SSSR count). The number of carboxylic acid groups (broad SMARTS) is 1. The lowest BCUT2D eigenvalue weighted by Gasteiger charge is -2.11. The lowest BCUT2D eigenvalue weighted by molar-refractivity contribution is -0.112. The zero-order valence-electron chi connectivity index (χ0n) is 16.6. The first-order chi connectivity index (χ1) is 14.3. The predicted octanol–water partition coefficient (Wildman–Crippen LogP) is 4.44. The number of aromatic nitrogens is 1. The van der Waals surface area contributed by atoms with E-state index in [1.165, 1.54) is 19.1 Å². The zero-order chi connectivity index (χ0) is 22.3. The van der Waals surface area contributed by atoms with Crippen molar-refractivity contribution in [2.75, 3.05) is 5.32 Å². The van der Waals surface area contributed by atoms with Gasteiger partial charge in [-0.15, -0.1) is 0 Å². The molecular formula is C23H22FN3O3. The van der Waals surface area contributed by atoms with Gasteiger partial charge in [-0.3, -0.25) is 4.79 Å². The van der Waals surface area contributed by atoms with Crippen LogP contribution in [0, 0.1) is 0 Å². The minimum atomic E-state index is -0.991. The normalized spacial score (nSPS) is 12.8. The number of rotatable bonds is 7. The van der Waals surface area contributed by atoms with E-state index in [2.05, 4.69) is 16.9 Å². The fourth-order valence-corrected chi connectivity index (χ4v) is 2.76. The van der Waals surface area contributed by atoms with E-state index in [9.17, 15) is 14.0 Å². The minimum Gasteiger partial charge on any atom is -0.478 e. The number of benzene rings is 1. The molecule has 2 aromatic rings. The summed E-state index contributed by atoms with van der Waals surface area (Å²) in [5.74, 6) is -1.96. The molecule has 0 aliphatic carbocycles.